The quantitative estimate of drug-likeness (QED) is 0.0117. The normalized spacial score (nSPS) is 11.4. The van der Waals surface area contributed by atoms with Crippen molar-refractivity contribution in [1.29, 1.82) is 0 Å². The van der Waals surface area contributed by atoms with Crippen LogP contribution in [0.3, 0.4) is 0 Å². The van der Waals surface area contributed by atoms with Crippen LogP contribution in [-0.2, 0) is 33.6 Å². The zero-order chi connectivity index (χ0) is 52.8. The first-order valence-electron chi connectivity index (χ1n) is 22.9. The molecule has 0 aliphatic carbocycles. The summed E-state index contributed by atoms with van der Waals surface area (Å²) in [5, 5.41) is 20.7. The van der Waals surface area contributed by atoms with Gasteiger partial charge in [-0.3, -0.25) is 14.4 Å². The van der Waals surface area contributed by atoms with Crippen molar-refractivity contribution in [1.82, 2.24) is 9.88 Å². The highest BCUT2D eigenvalue weighted by Gasteiger charge is 2.24. The van der Waals surface area contributed by atoms with Gasteiger partial charge in [0.05, 0.1) is 53.1 Å². The van der Waals surface area contributed by atoms with E-state index in [1.165, 1.54) is 68.7 Å². The highest BCUT2D eigenvalue weighted by atomic mass is 17.0. The summed E-state index contributed by atoms with van der Waals surface area (Å²) in [6.45, 7) is -0.947. The largest absolute Gasteiger partial charge is 0.493 e. The fourth-order valence-electron chi connectivity index (χ4n) is 7.28. The molecular formula is C52H52N4O18. The number of methoxy groups -OCH3 is 3. The number of fused-ring (bicyclic) bond motifs is 3. The van der Waals surface area contributed by atoms with Crippen LogP contribution in [-0.4, -0.2) is 111 Å². The lowest BCUT2D eigenvalue weighted by Gasteiger charge is -2.27. The maximum absolute atomic E-state index is 14.3. The van der Waals surface area contributed by atoms with Gasteiger partial charge < -0.3 is 57.5 Å². The number of carbonyl (C=O) groups excluding carboxylic acids is 4. The molecule has 22 heteroatoms. The molecule has 1 atom stereocenters. The summed E-state index contributed by atoms with van der Waals surface area (Å²) in [5.41, 5.74) is 2.67. The van der Waals surface area contributed by atoms with E-state index in [1.54, 1.807) is 48.5 Å². The molecule has 6 aromatic rings. The minimum Gasteiger partial charge on any atom is -0.493 e. The molecule has 0 saturated heterocycles. The molecule has 0 fully saturated rings. The van der Waals surface area contributed by atoms with Gasteiger partial charge in [0.2, 0.25) is 5.91 Å². The van der Waals surface area contributed by atoms with Crippen molar-refractivity contribution >= 4 is 57.8 Å². The number of amides is 1. The Labute approximate surface area is 423 Å². The molecular weight excluding hydrogens is 969 g/mol. The first-order valence-corrected chi connectivity index (χ1v) is 22.9. The van der Waals surface area contributed by atoms with Crippen LogP contribution in [0.25, 0.3) is 34.0 Å². The molecule has 1 unspecified atom stereocenters. The Kier molecular flexibility index (Phi) is 19.9. The second kappa shape index (κ2) is 27.3. The molecule has 1 amide bonds. The van der Waals surface area contributed by atoms with E-state index in [1.807, 2.05) is 36.4 Å². The molecule has 0 radical (unpaired) electrons. The Morgan fingerprint density at radius 2 is 1.16 bits per heavy atom. The summed E-state index contributed by atoms with van der Waals surface area (Å²) in [7, 11) is 4.24. The molecule has 6 rings (SSSR count). The van der Waals surface area contributed by atoms with Crippen LogP contribution in [0.1, 0.15) is 36.8 Å². The number of hydrogen-bond acceptors (Lipinski definition) is 18. The predicted molar refractivity (Wildman–Crippen MR) is 266 cm³/mol. The van der Waals surface area contributed by atoms with Crippen LogP contribution < -0.4 is 33.2 Å². The number of esters is 3. The number of para-hydroxylation sites is 3. The lowest BCUT2D eigenvalue weighted by Crippen LogP contribution is -2.43. The molecule has 5 aromatic carbocycles. The maximum Gasteiger partial charge on any atom is 0.331 e. The summed E-state index contributed by atoms with van der Waals surface area (Å²) < 4.78 is 45.7. The number of aromatic nitrogens is 1. The lowest BCUT2D eigenvalue weighted by atomic mass is 10.1. The zero-order valence-corrected chi connectivity index (χ0v) is 40.5. The second-order valence-corrected chi connectivity index (χ2v) is 15.8. The van der Waals surface area contributed by atoms with Crippen molar-refractivity contribution in [3.05, 3.63) is 147 Å². The maximum atomic E-state index is 14.3. The van der Waals surface area contributed by atoms with E-state index in [0.29, 0.717) is 28.4 Å². The van der Waals surface area contributed by atoms with Crippen molar-refractivity contribution in [3.63, 3.8) is 0 Å². The fraction of sp³-hybridized carbons (Fsp3) is 0.269. The molecule has 0 aliphatic rings. The average molecular weight is 1020 g/mol. The fourth-order valence-corrected chi connectivity index (χ4v) is 7.28. The van der Waals surface area contributed by atoms with Crippen LogP contribution >= 0.6 is 0 Å². The van der Waals surface area contributed by atoms with Crippen LogP contribution in [0.5, 0.6) is 40.2 Å². The molecule has 22 nitrogen and oxygen atoms in total. The summed E-state index contributed by atoms with van der Waals surface area (Å²) in [5.74, 6) is -0.719. The summed E-state index contributed by atoms with van der Waals surface area (Å²) in [4.78, 5) is 87.0. The summed E-state index contributed by atoms with van der Waals surface area (Å²) in [6, 6.07) is 29.4. The molecule has 388 valence electrons. The van der Waals surface area contributed by atoms with Gasteiger partial charge in [0.15, 0.2) is 40.6 Å². The van der Waals surface area contributed by atoms with Crippen molar-refractivity contribution in [3.8, 4) is 40.2 Å². The molecule has 1 heterocycles. The van der Waals surface area contributed by atoms with Crippen LogP contribution in [0.4, 0.5) is 0 Å². The Balaban J connectivity index is 1.23. The number of carbonyl (C=O) groups is 4. The van der Waals surface area contributed by atoms with Gasteiger partial charge in [-0.15, -0.1) is 20.2 Å². The number of benzene rings is 5. The SMILES string of the molecule is COc1ccccc1OCCN(CC(COc1cccc2[nH]c3ccccc3c12)OC(=O)/C=C/c1ccc(OC(=O)CCCO[N+](=O)[O-])c(OC)c1)C(=O)/C=C/c1ccc(OC(=O)CCCO[N+](=O)[O-])c(OC)c1. The topological polar surface area (TPSA) is 266 Å². The molecule has 74 heavy (non-hydrogen) atoms. The van der Waals surface area contributed by atoms with Gasteiger partial charge in [-0.05, 0) is 90.7 Å². The second-order valence-electron chi connectivity index (χ2n) is 15.8. The third kappa shape index (κ3) is 16.1. The molecule has 0 spiro atoms. The van der Waals surface area contributed by atoms with Crippen LogP contribution in [0.2, 0.25) is 0 Å². The van der Waals surface area contributed by atoms with Crippen molar-refractivity contribution < 1.29 is 76.9 Å². The van der Waals surface area contributed by atoms with Crippen LogP contribution in [0, 0.1) is 20.2 Å². The van der Waals surface area contributed by atoms with Gasteiger partial charge in [0.1, 0.15) is 19.0 Å². The molecule has 1 aromatic heterocycles. The van der Waals surface area contributed by atoms with E-state index in [0.717, 1.165) is 21.8 Å². The minimum atomic E-state index is -1.08. The van der Waals surface area contributed by atoms with Gasteiger partial charge in [0, 0.05) is 41.3 Å². The molecule has 0 bridgehead atoms. The summed E-state index contributed by atoms with van der Waals surface area (Å²) >= 11 is 0. The third-order valence-electron chi connectivity index (χ3n) is 10.7. The van der Waals surface area contributed by atoms with E-state index in [-0.39, 0.29) is 88.2 Å². The number of nitrogens with zero attached hydrogens (tertiary/aromatic N) is 3. The number of ether oxygens (including phenoxy) is 8. The minimum absolute atomic E-state index is 0.00254. The highest BCUT2D eigenvalue weighted by molar-refractivity contribution is 6.10. The number of H-pyrrole nitrogens is 1. The molecule has 0 saturated carbocycles. The summed E-state index contributed by atoms with van der Waals surface area (Å²) in [6.07, 6.45) is 4.19. The predicted octanol–water partition coefficient (Wildman–Crippen LogP) is 7.76. The van der Waals surface area contributed by atoms with Crippen LogP contribution in [0.15, 0.2) is 115 Å². The average Bonchev–Trinajstić information content (AvgIpc) is 3.79. The Morgan fingerprint density at radius 3 is 1.77 bits per heavy atom. The van der Waals surface area contributed by atoms with Gasteiger partial charge in [-0.25, -0.2) is 4.79 Å². The first-order chi connectivity index (χ1) is 35.8. The van der Waals surface area contributed by atoms with E-state index in [4.69, 9.17) is 37.9 Å². The lowest BCUT2D eigenvalue weighted by molar-refractivity contribution is -0.757. The Morgan fingerprint density at radius 1 is 0.608 bits per heavy atom. The number of nitrogens with one attached hydrogen (secondary N) is 1. The van der Waals surface area contributed by atoms with E-state index < -0.39 is 40.1 Å². The van der Waals surface area contributed by atoms with Gasteiger partial charge in [0.25, 0.3) is 10.2 Å². The highest BCUT2D eigenvalue weighted by Crippen LogP contribution is 2.34. The smallest absolute Gasteiger partial charge is 0.331 e. The van der Waals surface area contributed by atoms with E-state index in [9.17, 15) is 39.4 Å². The van der Waals surface area contributed by atoms with Crippen molar-refractivity contribution in [2.24, 2.45) is 0 Å². The molecule has 1 N–H and O–H groups in total. The number of hydrogen-bond donors (Lipinski definition) is 1. The first kappa shape index (κ1) is 54.0. The zero-order valence-electron chi connectivity index (χ0n) is 40.5. The Bertz CT molecular complexity index is 2990. The van der Waals surface area contributed by atoms with Gasteiger partial charge in [-0.2, -0.15) is 0 Å². The standard InChI is InChI=1S/C52H52N4O18/c1-65-41-14-6-7-15-42(41)68-30-27-54(48(57)25-21-35-19-23-43(46(31-35)66-2)73-49(58)17-9-28-70-55(61)62)33-37(34-69-45-16-8-13-40-52(45)38-11-4-5-12-39(38)53-40)72-51(60)26-22-36-20-24-44(47(32-36)67-3)74-50(59)18-10-29-71-56(63)64/h4-8,11-16,19-26,31-32,37,53H,9-10,17-18,27-30,33-34H2,1-3H3/b25-21+,26-22+. The van der Waals surface area contributed by atoms with Gasteiger partial charge >= 0.3 is 17.9 Å². The molecule has 0 aliphatic heterocycles. The van der Waals surface area contributed by atoms with E-state index in [2.05, 4.69) is 14.7 Å². The van der Waals surface area contributed by atoms with Crippen molar-refractivity contribution in [2.75, 3.05) is 60.8 Å². The van der Waals surface area contributed by atoms with E-state index >= 15 is 0 Å². The monoisotopic (exact) mass is 1020 g/mol. The van der Waals surface area contributed by atoms with Crippen molar-refractivity contribution in [2.45, 2.75) is 31.8 Å². The number of aromatic amines is 1. The van der Waals surface area contributed by atoms with Gasteiger partial charge in [-0.1, -0.05) is 48.5 Å². The Hall–Kier alpha value is -9.34. The third-order valence-corrected chi connectivity index (χ3v) is 10.7. The number of rotatable bonds is 29.